The van der Waals surface area contributed by atoms with Gasteiger partial charge in [0.2, 0.25) is 5.91 Å². The standard InChI is InChI=1S/C24H28N4OS/c1-18(24(29)28-11-10-19-6-2-3-7-20(19)16-28)27-14-12-26(13-15-27)17-23-25-21-8-4-5-9-22(21)30-23/h2-9,18H,10-17H2,1H3/t18-/m1/s1. The molecule has 156 valence electrons. The third kappa shape index (κ3) is 4.00. The third-order valence-electron chi connectivity index (χ3n) is 6.45. The van der Waals surface area contributed by atoms with Gasteiger partial charge in [-0.15, -0.1) is 11.3 Å². The fraction of sp³-hybridized carbons (Fsp3) is 0.417. The SMILES string of the molecule is C[C@H](C(=O)N1CCc2ccccc2C1)N1CCN(Cc2nc3ccccc3s2)CC1. The number of rotatable bonds is 4. The molecule has 2 aromatic carbocycles. The second-order valence-corrected chi connectivity index (χ2v) is 9.46. The first-order valence-corrected chi connectivity index (χ1v) is 11.7. The Morgan fingerprint density at radius 3 is 2.53 bits per heavy atom. The lowest BCUT2D eigenvalue weighted by atomic mass is 9.99. The van der Waals surface area contributed by atoms with Gasteiger partial charge in [0.05, 0.1) is 22.8 Å². The van der Waals surface area contributed by atoms with Gasteiger partial charge in [-0.25, -0.2) is 4.98 Å². The molecule has 6 heteroatoms. The van der Waals surface area contributed by atoms with Crippen molar-refractivity contribution in [3.63, 3.8) is 0 Å². The van der Waals surface area contributed by atoms with Gasteiger partial charge in [0.1, 0.15) is 5.01 Å². The Balaban J connectivity index is 1.15. The predicted molar refractivity (Wildman–Crippen MR) is 121 cm³/mol. The number of thiazole rings is 1. The maximum atomic E-state index is 13.1. The van der Waals surface area contributed by atoms with E-state index in [9.17, 15) is 4.79 Å². The van der Waals surface area contributed by atoms with Crippen LogP contribution >= 0.6 is 11.3 Å². The highest BCUT2D eigenvalue weighted by Gasteiger charge is 2.30. The molecule has 1 amide bonds. The Hall–Kier alpha value is -2.28. The van der Waals surface area contributed by atoms with Gasteiger partial charge < -0.3 is 4.90 Å². The quantitative estimate of drug-likeness (QED) is 0.649. The van der Waals surface area contributed by atoms with Crippen molar-refractivity contribution in [1.29, 1.82) is 0 Å². The van der Waals surface area contributed by atoms with Crippen molar-refractivity contribution in [2.45, 2.75) is 32.5 Å². The summed E-state index contributed by atoms with van der Waals surface area (Å²) in [5.74, 6) is 0.268. The average molecular weight is 421 g/mol. The zero-order chi connectivity index (χ0) is 20.5. The summed E-state index contributed by atoms with van der Waals surface area (Å²) < 4.78 is 1.26. The van der Waals surface area contributed by atoms with E-state index >= 15 is 0 Å². The van der Waals surface area contributed by atoms with Crippen molar-refractivity contribution in [3.05, 3.63) is 64.7 Å². The smallest absolute Gasteiger partial charge is 0.239 e. The summed E-state index contributed by atoms with van der Waals surface area (Å²) in [5, 5.41) is 1.18. The second-order valence-electron chi connectivity index (χ2n) is 8.34. The molecular formula is C24H28N4OS. The Morgan fingerprint density at radius 2 is 1.73 bits per heavy atom. The largest absolute Gasteiger partial charge is 0.337 e. The fourth-order valence-electron chi connectivity index (χ4n) is 4.59. The average Bonchev–Trinajstić information content (AvgIpc) is 3.20. The minimum absolute atomic E-state index is 0.0557. The summed E-state index contributed by atoms with van der Waals surface area (Å²) in [5.41, 5.74) is 3.78. The molecule has 2 aliphatic heterocycles. The van der Waals surface area contributed by atoms with Gasteiger partial charge in [0.15, 0.2) is 0 Å². The van der Waals surface area contributed by atoms with Gasteiger partial charge >= 0.3 is 0 Å². The number of hydrogen-bond acceptors (Lipinski definition) is 5. The van der Waals surface area contributed by atoms with E-state index in [1.807, 2.05) is 11.0 Å². The van der Waals surface area contributed by atoms with Crippen molar-refractivity contribution < 1.29 is 4.79 Å². The monoisotopic (exact) mass is 420 g/mol. The Morgan fingerprint density at radius 1 is 1.00 bits per heavy atom. The van der Waals surface area contributed by atoms with Gasteiger partial charge in [0, 0.05) is 39.3 Å². The van der Waals surface area contributed by atoms with E-state index in [2.05, 4.69) is 59.2 Å². The van der Waals surface area contributed by atoms with Crippen LogP contribution in [0.1, 0.15) is 23.1 Å². The number of carbonyl (C=O) groups excluding carboxylic acids is 1. The van der Waals surface area contributed by atoms with Gasteiger partial charge in [-0.1, -0.05) is 36.4 Å². The summed E-state index contributed by atoms with van der Waals surface area (Å²) >= 11 is 1.79. The molecule has 5 nitrogen and oxygen atoms in total. The molecule has 3 heterocycles. The van der Waals surface area contributed by atoms with Crippen molar-refractivity contribution in [3.8, 4) is 0 Å². The Labute approximate surface area is 181 Å². The van der Waals surface area contributed by atoms with Crippen LogP contribution in [0.15, 0.2) is 48.5 Å². The van der Waals surface area contributed by atoms with Crippen LogP contribution < -0.4 is 0 Å². The maximum absolute atomic E-state index is 13.1. The summed E-state index contributed by atoms with van der Waals surface area (Å²) in [7, 11) is 0. The van der Waals surface area contributed by atoms with Crippen LogP contribution in [0, 0.1) is 0 Å². The minimum Gasteiger partial charge on any atom is -0.337 e. The van der Waals surface area contributed by atoms with E-state index in [1.165, 1.54) is 20.8 Å². The number of fused-ring (bicyclic) bond motifs is 2. The lowest BCUT2D eigenvalue weighted by molar-refractivity contribution is -0.138. The maximum Gasteiger partial charge on any atom is 0.239 e. The van der Waals surface area contributed by atoms with Crippen molar-refractivity contribution in [1.82, 2.24) is 19.7 Å². The van der Waals surface area contributed by atoms with E-state index in [0.717, 1.165) is 57.8 Å². The summed E-state index contributed by atoms with van der Waals surface area (Å²) in [4.78, 5) is 24.8. The first-order chi connectivity index (χ1) is 14.7. The number of aromatic nitrogens is 1. The van der Waals surface area contributed by atoms with E-state index < -0.39 is 0 Å². The number of para-hydroxylation sites is 1. The van der Waals surface area contributed by atoms with Gasteiger partial charge in [0.25, 0.3) is 0 Å². The number of hydrogen-bond donors (Lipinski definition) is 0. The van der Waals surface area contributed by atoms with E-state index in [0.29, 0.717) is 0 Å². The summed E-state index contributed by atoms with van der Waals surface area (Å²) in [6, 6.07) is 16.8. The molecule has 0 unspecified atom stereocenters. The first-order valence-electron chi connectivity index (χ1n) is 10.8. The molecule has 0 saturated carbocycles. The molecule has 30 heavy (non-hydrogen) atoms. The second kappa shape index (κ2) is 8.46. The number of carbonyl (C=O) groups is 1. The zero-order valence-corrected chi connectivity index (χ0v) is 18.3. The molecule has 0 bridgehead atoms. The Bertz CT molecular complexity index is 1010. The van der Waals surface area contributed by atoms with Crippen molar-refractivity contribution in [2.24, 2.45) is 0 Å². The normalized spacial score (nSPS) is 19.0. The number of nitrogens with zero attached hydrogens (tertiary/aromatic N) is 4. The number of amides is 1. The topological polar surface area (TPSA) is 39.7 Å². The number of piperazine rings is 1. The molecule has 2 aliphatic rings. The highest BCUT2D eigenvalue weighted by Crippen LogP contribution is 2.24. The molecule has 3 aromatic rings. The van der Waals surface area contributed by atoms with Gasteiger partial charge in [-0.2, -0.15) is 0 Å². The van der Waals surface area contributed by atoms with E-state index in [-0.39, 0.29) is 11.9 Å². The molecule has 0 N–H and O–H groups in total. The van der Waals surface area contributed by atoms with Crippen LogP contribution in [0.2, 0.25) is 0 Å². The molecule has 1 aromatic heterocycles. The molecule has 1 atom stereocenters. The first kappa shape index (κ1) is 19.7. The van der Waals surface area contributed by atoms with Crippen molar-refractivity contribution in [2.75, 3.05) is 32.7 Å². The Kier molecular flexibility index (Phi) is 5.54. The lowest BCUT2D eigenvalue weighted by Crippen LogP contribution is -2.54. The van der Waals surface area contributed by atoms with Crippen LogP contribution in [-0.2, 0) is 24.3 Å². The van der Waals surface area contributed by atoms with Crippen LogP contribution in [0.3, 0.4) is 0 Å². The van der Waals surface area contributed by atoms with Gasteiger partial charge in [-0.3, -0.25) is 14.6 Å². The fourth-order valence-corrected chi connectivity index (χ4v) is 5.60. The highest BCUT2D eigenvalue weighted by atomic mass is 32.1. The lowest BCUT2D eigenvalue weighted by Gasteiger charge is -2.39. The molecule has 0 aliphatic carbocycles. The molecular weight excluding hydrogens is 392 g/mol. The molecule has 0 radical (unpaired) electrons. The van der Waals surface area contributed by atoms with E-state index in [1.54, 1.807) is 11.3 Å². The van der Waals surface area contributed by atoms with Crippen LogP contribution in [-0.4, -0.2) is 64.4 Å². The van der Waals surface area contributed by atoms with E-state index in [4.69, 9.17) is 4.98 Å². The molecule has 0 spiro atoms. The summed E-state index contributed by atoms with van der Waals surface area (Å²) in [6.45, 7) is 8.39. The zero-order valence-electron chi connectivity index (χ0n) is 17.5. The molecule has 1 saturated heterocycles. The van der Waals surface area contributed by atoms with Gasteiger partial charge in [-0.05, 0) is 36.6 Å². The minimum atomic E-state index is -0.0557. The van der Waals surface area contributed by atoms with Crippen LogP contribution in [0.25, 0.3) is 10.2 Å². The van der Waals surface area contributed by atoms with Crippen molar-refractivity contribution >= 4 is 27.5 Å². The van der Waals surface area contributed by atoms with Crippen LogP contribution in [0.4, 0.5) is 0 Å². The molecule has 1 fully saturated rings. The number of benzene rings is 2. The highest BCUT2D eigenvalue weighted by molar-refractivity contribution is 7.18. The van der Waals surface area contributed by atoms with Crippen LogP contribution in [0.5, 0.6) is 0 Å². The summed E-state index contributed by atoms with van der Waals surface area (Å²) in [6.07, 6.45) is 0.963. The molecule has 5 rings (SSSR count). The third-order valence-corrected chi connectivity index (χ3v) is 7.47. The predicted octanol–water partition coefficient (Wildman–Crippen LogP) is 3.39.